The van der Waals surface area contributed by atoms with E-state index in [2.05, 4.69) is 25.7 Å². The van der Waals surface area contributed by atoms with E-state index in [1.807, 2.05) is 0 Å². The Morgan fingerprint density at radius 2 is 2.07 bits per heavy atom. The Morgan fingerprint density at radius 1 is 1.40 bits per heavy atom. The molecular formula is C13H23NO. The van der Waals surface area contributed by atoms with E-state index < -0.39 is 0 Å². The molecule has 2 aliphatic rings. The molecule has 0 aromatic heterocycles. The van der Waals surface area contributed by atoms with Crippen LogP contribution in [0.1, 0.15) is 46.5 Å². The molecule has 1 aliphatic heterocycles. The Morgan fingerprint density at radius 3 is 2.47 bits per heavy atom. The molecule has 2 nitrogen and oxygen atoms in total. The second kappa shape index (κ2) is 3.80. The molecule has 15 heavy (non-hydrogen) atoms. The SMILES string of the molecule is CC(C)[C@]1(C)CCN(C(=O)C2CCC2)C1. The van der Waals surface area contributed by atoms with Crippen LogP contribution in [-0.2, 0) is 4.79 Å². The summed E-state index contributed by atoms with van der Waals surface area (Å²) in [7, 11) is 0. The van der Waals surface area contributed by atoms with Crippen molar-refractivity contribution in [3.63, 3.8) is 0 Å². The van der Waals surface area contributed by atoms with Gasteiger partial charge in [-0.05, 0) is 30.6 Å². The second-order valence-corrected chi connectivity index (χ2v) is 5.95. The number of carbonyl (C=O) groups excluding carboxylic acids is 1. The van der Waals surface area contributed by atoms with Crippen LogP contribution in [-0.4, -0.2) is 23.9 Å². The number of rotatable bonds is 2. The lowest BCUT2D eigenvalue weighted by Gasteiger charge is -2.32. The van der Waals surface area contributed by atoms with E-state index in [1.165, 1.54) is 12.8 Å². The lowest BCUT2D eigenvalue weighted by atomic mass is 9.78. The molecule has 1 amide bonds. The molecule has 2 heteroatoms. The monoisotopic (exact) mass is 209 g/mol. The van der Waals surface area contributed by atoms with E-state index in [0.717, 1.165) is 25.9 Å². The Labute approximate surface area is 93.0 Å². The number of likely N-dealkylation sites (tertiary alicyclic amines) is 1. The van der Waals surface area contributed by atoms with E-state index >= 15 is 0 Å². The summed E-state index contributed by atoms with van der Waals surface area (Å²) in [6, 6.07) is 0. The summed E-state index contributed by atoms with van der Waals surface area (Å²) in [5.41, 5.74) is 0.361. The minimum absolute atomic E-state index is 0.361. The molecule has 0 spiro atoms. The zero-order chi connectivity index (χ0) is 11.1. The summed E-state index contributed by atoms with van der Waals surface area (Å²) in [5.74, 6) is 1.49. The Bertz CT molecular complexity index is 257. The van der Waals surface area contributed by atoms with Crippen molar-refractivity contribution in [3.05, 3.63) is 0 Å². The average Bonchev–Trinajstić information content (AvgIpc) is 2.46. The van der Waals surface area contributed by atoms with Crippen LogP contribution in [0.25, 0.3) is 0 Å². The highest BCUT2D eigenvalue weighted by molar-refractivity contribution is 5.79. The highest BCUT2D eigenvalue weighted by Crippen LogP contribution is 2.39. The molecule has 1 atom stereocenters. The van der Waals surface area contributed by atoms with Gasteiger partial charge in [-0.25, -0.2) is 0 Å². The zero-order valence-corrected chi connectivity index (χ0v) is 10.3. The highest BCUT2D eigenvalue weighted by atomic mass is 16.2. The van der Waals surface area contributed by atoms with Gasteiger partial charge in [-0.3, -0.25) is 4.79 Å². The van der Waals surface area contributed by atoms with Crippen LogP contribution < -0.4 is 0 Å². The fourth-order valence-electron chi connectivity index (χ4n) is 2.56. The first-order valence-electron chi connectivity index (χ1n) is 6.32. The third-order valence-corrected chi connectivity index (χ3v) is 4.66. The van der Waals surface area contributed by atoms with Crippen molar-refractivity contribution in [2.24, 2.45) is 17.3 Å². The molecule has 0 bridgehead atoms. The van der Waals surface area contributed by atoms with E-state index in [9.17, 15) is 4.79 Å². The van der Waals surface area contributed by atoms with Crippen LogP contribution >= 0.6 is 0 Å². The van der Waals surface area contributed by atoms with Crippen molar-refractivity contribution in [1.29, 1.82) is 0 Å². The van der Waals surface area contributed by atoms with Crippen molar-refractivity contribution in [2.45, 2.75) is 46.5 Å². The van der Waals surface area contributed by atoms with E-state index in [4.69, 9.17) is 0 Å². The molecule has 0 aromatic carbocycles. The quantitative estimate of drug-likeness (QED) is 0.684. The molecule has 2 fully saturated rings. The third-order valence-electron chi connectivity index (χ3n) is 4.66. The fraction of sp³-hybridized carbons (Fsp3) is 0.923. The van der Waals surface area contributed by atoms with Gasteiger partial charge in [0.15, 0.2) is 0 Å². The summed E-state index contributed by atoms with van der Waals surface area (Å²) in [6.07, 6.45) is 4.70. The number of hydrogen-bond donors (Lipinski definition) is 0. The van der Waals surface area contributed by atoms with Crippen LogP contribution in [0, 0.1) is 17.3 Å². The molecular weight excluding hydrogens is 186 g/mol. The van der Waals surface area contributed by atoms with Crippen molar-refractivity contribution in [2.75, 3.05) is 13.1 Å². The number of amides is 1. The van der Waals surface area contributed by atoms with Crippen molar-refractivity contribution < 1.29 is 4.79 Å². The molecule has 0 radical (unpaired) electrons. The molecule has 1 aliphatic carbocycles. The van der Waals surface area contributed by atoms with Gasteiger partial charge in [-0.15, -0.1) is 0 Å². The van der Waals surface area contributed by atoms with E-state index in [0.29, 0.717) is 23.2 Å². The predicted octanol–water partition coefficient (Wildman–Crippen LogP) is 2.68. The lowest BCUT2D eigenvalue weighted by Crippen LogP contribution is -2.39. The first kappa shape index (κ1) is 11.0. The topological polar surface area (TPSA) is 20.3 Å². The average molecular weight is 209 g/mol. The van der Waals surface area contributed by atoms with Gasteiger partial charge in [0.05, 0.1) is 0 Å². The molecule has 1 heterocycles. The largest absolute Gasteiger partial charge is 0.342 e. The Balaban J connectivity index is 1.94. The highest BCUT2D eigenvalue weighted by Gasteiger charge is 2.40. The van der Waals surface area contributed by atoms with Gasteiger partial charge in [-0.2, -0.15) is 0 Å². The Kier molecular flexibility index (Phi) is 2.78. The van der Waals surface area contributed by atoms with E-state index in [-0.39, 0.29) is 0 Å². The van der Waals surface area contributed by atoms with Gasteiger partial charge in [-0.1, -0.05) is 27.2 Å². The van der Waals surface area contributed by atoms with Gasteiger partial charge in [0.25, 0.3) is 0 Å². The first-order chi connectivity index (χ1) is 7.03. The summed E-state index contributed by atoms with van der Waals surface area (Å²) in [6.45, 7) is 8.85. The standard InChI is InChI=1S/C13H23NO/c1-10(2)13(3)7-8-14(9-13)12(15)11-5-4-6-11/h10-11H,4-9H2,1-3H3/t13-/m1/s1. The Hall–Kier alpha value is -0.530. The third kappa shape index (κ3) is 1.91. The molecule has 1 saturated heterocycles. The summed E-state index contributed by atoms with van der Waals surface area (Å²) < 4.78 is 0. The molecule has 0 unspecified atom stereocenters. The normalized spacial score (nSPS) is 32.1. The molecule has 86 valence electrons. The van der Waals surface area contributed by atoms with Crippen molar-refractivity contribution in [1.82, 2.24) is 4.90 Å². The summed E-state index contributed by atoms with van der Waals surface area (Å²) >= 11 is 0. The van der Waals surface area contributed by atoms with Gasteiger partial charge in [0.1, 0.15) is 0 Å². The molecule has 2 rings (SSSR count). The van der Waals surface area contributed by atoms with Crippen LogP contribution in [0.15, 0.2) is 0 Å². The summed E-state index contributed by atoms with van der Waals surface area (Å²) in [4.78, 5) is 14.2. The van der Waals surface area contributed by atoms with Crippen LogP contribution in [0.5, 0.6) is 0 Å². The van der Waals surface area contributed by atoms with Gasteiger partial charge in [0, 0.05) is 19.0 Å². The predicted molar refractivity (Wildman–Crippen MR) is 61.5 cm³/mol. The van der Waals surface area contributed by atoms with Crippen LogP contribution in [0.4, 0.5) is 0 Å². The maximum Gasteiger partial charge on any atom is 0.225 e. The van der Waals surface area contributed by atoms with Crippen molar-refractivity contribution >= 4 is 5.91 Å². The lowest BCUT2D eigenvalue weighted by molar-refractivity contribution is -0.137. The van der Waals surface area contributed by atoms with Gasteiger partial charge >= 0.3 is 0 Å². The second-order valence-electron chi connectivity index (χ2n) is 5.95. The molecule has 0 N–H and O–H groups in total. The minimum atomic E-state index is 0.361. The molecule has 1 saturated carbocycles. The number of carbonyl (C=O) groups is 1. The number of nitrogens with zero attached hydrogens (tertiary/aromatic N) is 1. The van der Waals surface area contributed by atoms with Crippen molar-refractivity contribution in [3.8, 4) is 0 Å². The van der Waals surface area contributed by atoms with E-state index in [1.54, 1.807) is 0 Å². The summed E-state index contributed by atoms with van der Waals surface area (Å²) in [5, 5.41) is 0. The van der Waals surface area contributed by atoms with Gasteiger partial charge in [0.2, 0.25) is 5.91 Å². The smallest absolute Gasteiger partial charge is 0.225 e. The van der Waals surface area contributed by atoms with Crippen LogP contribution in [0.3, 0.4) is 0 Å². The van der Waals surface area contributed by atoms with Crippen LogP contribution in [0.2, 0.25) is 0 Å². The minimum Gasteiger partial charge on any atom is -0.342 e. The molecule has 0 aromatic rings. The van der Waals surface area contributed by atoms with Gasteiger partial charge < -0.3 is 4.90 Å². The maximum atomic E-state index is 12.1. The first-order valence-corrected chi connectivity index (χ1v) is 6.32. The maximum absolute atomic E-state index is 12.1. The fourth-order valence-corrected chi connectivity index (χ4v) is 2.56. The zero-order valence-electron chi connectivity index (χ0n) is 10.3. The number of hydrogen-bond acceptors (Lipinski definition) is 1.